The lowest BCUT2D eigenvalue weighted by Gasteiger charge is -2.35. The highest BCUT2D eigenvalue weighted by Gasteiger charge is 2.21. The topological polar surface area (TPSA) is 106 Å². The Kier molecular flexibility index (Phi) is 10.0. The van der Waals surface area contributed by atoms with E-state index in [0.717, 1.165) is 43.1 Å². The van der Waals surface area contributed by atoms with Crippen LogP contribution in [0.5, 0.6) is 11.5 Å². The van der Waals surface area contributed by atoms with Gasteiger partial charge in [0.15, 0.2) is 0 Å². The molecule has 0 aliphatic carbocycles. The van der Waals surface area contributed by atoms with Gasteiger partial charge in [-0.05, 0) is 38.5 Å². The predicted octanol–water partition coefficient (Wildman–Crippen LogP) is 2.07. The number of morpholine rings is 1. The zero-order valence-corrected chi connectivity index (χ0v) is 16.6. The fourth-order valence-corrected chi connectivity index (χ4v) is 2.89. The first kappa shape index (κ1) is 23.5. The van der Waals surface area contributed by atoms with Crippen LogP contribution in [0.3, 0.4) is 0 Å². The Hall–Kier alpha value is -2.58. The van der Waals surface area contributed by atoms with Crippen LogP contribution in [0.25, 0.3) is 0 Å². The monoisotopic (exact) mass is 395 g/mol. The number of methoxy groups -OCH3 is 1. The minimum Gasteiger partial charge on any atom is -0.497 e. The number of carboxylic acids is 2. The summed E-state index contributed by atoms with van der Waals surface area (Å²) in [5, 5.41) is 14.8. The van der Waals surface area contributed by atoms with E-state index in [9.17, 15) is 0 Å². The summed E-state index contributed by atoms with van der Waals surface area (Å²) in [6.45, 7) is 11.6. The van der Waals surface area contributed by atoms with Crippen molar-refractivity contribution in [3.63, 3.8) is 0 Å². The van der Waals surface area contributed by atoms with Crippen molar-refractivity contribution in [2.24, 2.45) is 0 Å². The number of benzene rings is 1. The van der Waals surface area contributed by atoms with E-state index in [-0.39, 0.29) is 0 Å². The molecule has 0 saturated carbocycles. The van der Waals surface area contributed by atoms with Gasteiger partial charge in [0.05, 0.1) is 19.3 Å². The van der Waals surface area contributed by atoms with Crippen LogP contribution in [0.4, 0.5) is 0 Å². The SMILES string of the molecule is C=CCc1cc(OC)ccc1OCCN1CC(C)OC(C)C1.O=C(O)C(=O)O. The maximum absolute atomic E-state index is 9.10. The largest absolute Gasteiger partial charge is 0.497 e. The molecule has 28 heavy (non-hydrogen) atoms. The first-order valence-electron chi connectivity index (χ1n) is 9.01. The second-order valence-electron chi connectivity index (χ2n) is 6.44. The van der Waals surface area contributed by atoms with E-state index >= 15 is 0 Å². The van der Waals surface area contributed by atoms with E-state index in [2.05, 4.69) is 25.3 Å². The molecule has 1 aliphatic rings. The number of ether oxygens (including phenoxy) is 3. The number of carbonyl (C=O) groups is 2. The summed E-state index contributed by atoms with van der Waals surface area (Å²) in [7, 11) is 1.67. The molecule has 0 spiro atoms. The van der Waals surface area contributed by atoms with Crippen LogP contribution in [0.15, 0.2) is 30.9 Å². The number of carboxylic acid groups (broad SMARTS) is 2. The van der Waals surface area contributed by atoms with Crippen molar-refractivity contribution >= 4 is 11.9 Å². The highest BCUT2D eigenvalue weighted by molar-refractivity contribution is 6.27. The minimum atomic E-state index is -1.82. The number of allylic oxidation sites excluding steroid dienone is 1. The molecule has 8 nitrogen and oxygen atoms in total. The summed E-state index contributed by atoms with van der Waals surface area (Å²) in [5.41, 5.74) is 1.11. The van der Waals surface area contributed by atoms with E-state index in [1.54, 1.807) is 7.11 Å². The lowest BCUT2D eigenvalue weighted by molar-refractivity contribution is -0.159. The molecule has 1 aromatic rings. The number of nitrogens with zero attached hydrogens (tertiary/aromatic N) is 1. The average molecular weight is 395 g/mol. The Morgan fingerprint density at radius 1 is 1.25 bits per heavy atom. The molecule has 1 aliphatic heterocycles. The van der Waals surface area contributed by atoms with E-state index < -0.39 is 11.9 Å². The molecule has 0 amide bonds. The molecule has 1 aromatic carbocycles. The van der Waals surface area contributed by atoms with Crippen molar-refractivity contribution in [1.82, 2.24) is 4.90 Å². The highest BCUT2D eigenvalue weighted by atomic mass is 16.5. The van der Waals surface area contributed by atoms with Gasteiger partial charge in [-0.25, -0.2) is 9.59 Å². The van der Waals surface area contributed by atoms with Gasteiger partial charge < -0.3 is 24.4 Å². The van der Waals surface area contributed by atoms with Gasteiger partial charge in [0.2, 0.25) is 0 Å². The van der Waals surface area contributed by atoms with Crippen LogP contribution in [0.2, 0.25) is 0 Å². The van der Waals surface area contributed by atoms with Gasteiger partial charge in [-0.2, -0.15) is 0 Å². The van der Waals surface area contributed by atoms with Gasteiger partial charge in [-0.15, -0.1) is 6.58 Å². The number of hydrogen-bond acceptors (Lipinski definition) is 6. The third-order valence-corrected chi connectivity index (χ3v) is 3.98. The Bertz CT molecular complexity index is 640. The average Bonchev–Trinajstić information content (AvgIpc) is 2.62. The van der Waals surface area contributed by atoms with Gasteiger partial charge in [-0.3, -0.25) is 4.90 Å². The van der Waals surface area contributed by atoms with Gasteiger partial charge in [0, 0.05) is 25.2 Å². The highest BCUT2D eigenvalue weighted by Crippen LogP contribution is 2.25. The molecule has 2 N–H and O–H groups in total. The molecule has 0 radical (unpaired) electrons. The fourth-order valence-electron chi connectivity index (χ4n) is 2.89. The Morgan fingerprint density at radius 3 is 2.36 bits per heavy atom. The lowest BCUT2D eigenvalue weighted by atomic mass is 10.1. The summed E-state index contributed by atoms with van der Waals surface area (Å²) < 4.78 is 17.0. The summed E-state index contributed by atoms with van der Waals surface area (Å²) in [5.74, 6) is -1.89. The third kappa shape index (κ3) is 8.41. The van der Waals surface area contributed by atoms with Crippen LogP contribution < -0.4 is 9.47 Å². The molecule has 0 aromatic heterocycles. The zero-order chi connectivity index (χ0) is 21.1. The minimum absolute atomic E-state index is 0.293. The fraction of sp³-hybridized carbons (Fsp3) is 0.500. The van der Waals surface area contributed by atoms with Gasteiger partial charge in [0.25, 0.3) is 0 Å². The van der Waals surface area contributed by atoms with Crippen molar-refractivity contribution in [3.05, 3.63) is 36.4 Å². The lowest BCUT2D eigenvalue weighted by Crippen LogP contribution is -2.46. The molecule has 1 saturated heterocycles. The van der Waals surface area contributed by atoms with Crippen LogP contribution >= 0.6 is 0 Å². The van der Waals surface area contributed by atoms with E-state index in [4.69, 9.17) is 34.0 Å². The molecular weight excluding hydrogens is 366 g/mol. The number of rotatable bonds is 7. The van der Waals surface area contributed by atoms with Gasteiger partial charge >= 0.3 is 11.9 Å². The van der Waals surface area contributed by atoms with Crippen LogP contribution in [-0.4, -0.2) is 72.6 Å². The Labute approximate surface area is 165 Å². The number of hydrogen-bond donors (Lipinski definition) is 2. The summed E-state index contributed by atoms with van der Waals surface area (Å²) in [6, 6.07) is 5.92. The van der Waals surface area contributed by atoms with E-state index in [0.29, 0.717) is 18.8 Å². The van der Waals surface area contributed by atoms with Crippen molar-refractivity contribution in [1.29, 1.82) is 0 Å². The molecular formula is C20H29NO7. The first-order valence-corrected chi connectivity index (χ1v) is 9.01. The maximum atomic E-state index is 9.10. The van der Waals surface area contributed by atoms with Gasteiger partial charge in [-0.1, -0.05) is 6.08 Å². The van der Waals surface area contributed by atoms with Crippen LogP contribution in [0.1, 0.15) is 19.4 Å². The summed E-state index contributed by atoms with van der Waals surface area (Å²) >= 11 is 0. The van der Waals surface area contributed by atoms with Crippen molar-refractivity contribution < 1.29 is 34.0 Å². The Balaban J connectivity index is 0.000000568. The molecule has 156 valence electrons. The second-order valence-corrected chi connectivity index (χ2v) is 6.44. The molecule has 2 rings (SSSR count). The first-order chi connectivity index (χ1) is 13.3. The maximum Gasteiger partial charge on any atom is 0.414 e. The standard InChI is InChI=1S/C18H27NO3.C2H2O4/c1-5-6-16-11-17(20-4)7-8-18(16)21-10-9-19-12-14(2)22-15(3)13-19;3-1(4)2(5)6/h5,7-8,11,14-15H,1,6,9-10,12-13H2,2-4H3;(H,3,4)(H,5,6). The van der Waals surface area contributed by atoms with Crippen molar-refractivity contribution in [2.45, 2.75) is 32.5 Å². The van der Waals surface area contributed by atoms with E-state index in [1.165, 1.54) is 0 Å². The van der Waals surface area contributed by atoms with E-state index in [1.807, 2.05) is 24.3 Å². The molecule has 1 fully saturated rings. The van der Waals surface area contributed by atoms with Crippen molar-refractivity contribution in [2.75, 3.05) is 33.4 Å². The quantitative estimate of drug-likeness (QED) is 0.534. The zero-order valence-electron chi connectivity index (χ0n) is 16.6. The molecule has 2 unspecified atom stereocenters. The molecule has 2 atom stereocenters. The molecule has 1 heterocycles. The van der Waals surface area contributed by atoms with Gasteiger partial charge in [0.1, 0.15) is 18.1 Å². The van der Waals surface area contributed by atoms with Crippen LogP contribution in [-0.2, 0) is 20.7 Å². The number of aliphatic carboxylic acids is 2. The molecule has 8 heteroatoms. The Morgan fingerprint density at radius 2 is 1.86 bits per heavy atom. The smallest absolute Gasteiger partial charge is 0.414 e. The third-order valence-electron chi connectivity index (χ3n) is 3.98. The van der Waals surface area contributed by atoms with Crippen LogP contribution in [0, 0.1) is 0 Å². The summed E-state index contributed by atoms with van der Waals surface area (Å²) in [4.78, 5) is 20.6. The molecule has 0 bridgehead atoms. The second kappa shape index (κ2) is 12.0. The normalized spacial score (nSPS) is 19.1. The van der Waals surface area contributed by atoms with Crippen molar-refractivity contribution in [3.8, 4) is 11.5 Å². The predicted molar refractivity (Wildman–Crippen MR) is 104 cm³/mol. The summed E-state index contributed by atoms with van der Waals surface area (Å²) in [6.07, 6.45) is 3.24.